The normalized spacial score (nSPS) is 12.2. The number of aromatic nitrogens is 2. The molecule has 8 heteroatoms. The molecule has 1 rings (SSSR count). The molecule has 0 spiro atoms. The lowest BCUT2D eigenvalue weighted by Gasteiger charge is -2.17. The van der Waals surface area contributed by atoms with Crippen LogP contribution in [0.1, 0.15) is 26.7 Å². The summed E-state index contributed by atoms with van der Waals surface area (Å²) in [4.78, 5) is 20.9. The van der Waals surface area contributed by atoms with Gasteiger partial charge in [0.25, 0.3) is 0 Å². The van der Waals surface area contributed by atoms with Crippen LogP contribution < -0.4 is 10.6 Å². The van der Waals surface area contributed by atoms with Crippen LogP contribution in [0.4, 0.5) is 17.3 Å². The van der Waals surface area contributed by atoms with E-state index < -0.39 is 4.92 Å². The zero-order valence-electron chi connectivity index (χ0n) is 13.1. The molecule has 0 amide bonds. The summed E-state index contributed by atoms with van der Waals surface area (Å²) in [5, 5.41) is 17.4. The van der Waals surface area contributed by atoms with Crippen molar-refractivity contribution in [3.63, 3.8) is 0 Å². The molecule has 0 aromatic carbocycles. The summed E-state index contributed by atoms with van der Waals surface area (Å²) < 4.78 is 0. The SMILES string of the molecule is CCCNc1ncnc(NC(C)CCN(C)C)c1[N+](=O)[O-]. The molecular formula is C13H24N6O2. The summed E-state index contributed by atoms with van der Waals surface area (Å²) >= 11 is 0. The van der Waals surface area contributed by atoms with Gasteiger partial charge in [-0.3, -0.25) is 10.1 Å². The summed E-state index contributed by atoms with van der Waals surface area (Å²) in [6.07, 6.45) is 3.07. The Labute approximate surface area is 125 Å². The van der Waals surface area contributed by atoms with Gasteiger partial charge >= 0.3 is 5.69 Å². The summed E-state index contributed by atoms with van der Waals surface area (Å²) in [6.45, 7) is 5.50. The molecule has 0 saturated carbocycles. The Hall–Kier alpha value is -1.96. The molecule has 21 heavy (non-hydrogen) atoms. The first-order valence-electron chi connectivity index (χ1n) is 7.10. The lowest BCUT2D eigenvalue weighted by atomic mass is 10.2. The van der Waals surface area contributed by atoms with Gasteiger partial charge in [0.15, 0.2) is 0 Å². The highest BCUT2D eigenvalue weighted by Crippen LogP contribution is 2.29. The minimum absolute atomic E-state index is 0.0834. The quantitative estimate of drug-likeness (QED) is 0.531. The Bertz CT molecular complexity index is 466. The summed E-state index contributed by atoms with van der Waals surface area (Å²) in [5.41, 5.74) is -0.0948. The first-order valence-corrected chi connectivity index (χ1v) is 7.10. The largest absolute Gasteiger partial charge is 0.364 e. The minimum Gasteiger partial charge on any atom is -0.364 e. The zero-order valence-corrected chi connectivity index (χ0v) is 13.1. The van der Waals surface area contributed by atoms with E-state index in [0.717, 1.165) is 19.4 Å². The van der Waals surface area contributed by atoms with Crippen LogP contribution in [0.2, 0.25) is 0 Å². The molecule has 0 saturated heterocycles. The molecule has 0 aliphatic carbocycles. The standard InChI is InChI=1S/C13H24N6O2/c1-5-7-14-12-11(19(20)21)13(16-9-15-12)17-10(2)6-8-18(3)4/h9-10H,5-8H2,1-4H3,(H2,14,15,16,17). The molecule has 1 atom stereocenters. The summed E-state index contributed by atoms with van der Waals surface area (Å²) in [5.74, 6) is 0.527. The Kier molecular flexibility index (Phi) is 6.80. The molecule has 1 aromatic rings. The smallest absolute Gasteiger partial charge is 0.353 e. The number of nitrogens with one attached hydrogen (secondary N) is 2. The molecule has 0 aliphatic rings. The minimum atomic E-state index is -0.445. The average Bonchev–Trinajstić information content (AvgIpc) is 2.42. The molecule has 0 fully saturated rings. The maximum atomic E-state index is 11.3. The Balaban J connectivity index is 2.87. The molecule has 0 aliphatic heterocycles. The monoisotopic (exact) mass is 296 g/mol. The van der Waals surface area contributed by atoms with Crippen molar-refractivity contribution >= 4 is 17.3 Å². The maximum absolute atomic E-state index is 11.3. The highest BCUT2D eigenvalue weighted by Gasteiger charge is 2.23. The van der Waals surface area contributed by atoms with E-state index in [-0.39, 0.29) is 23.4 Å². The Morgan fingerprint density at radius 1 is 1.38 bits per heavy atom. The van der Waals surface area contributed by atoms with Crippen molar-refractivity contribution in [1.82, 2.24) is 14.9 Å². The average molecular weight is 296 g/mol. The third-order valence-electron chi connectivity index (χ3n) is 2.94. The van der Waals surface area contributed by atoms with Crippen LogP contribution in [0.25, 0.3) is 0 Å². The van der Waals surface area contributed by atoms with Crippen molar-refractivity contribution in [2.24, 2.45) is 0 Å². The molecular weight excluding hydrogens is 272 g/mol. The van der Waals surface area contributed by atoms with Crippen LogP contribution in [0, 0.1) is 10.1 Å². The van der Waals surface area contributed by atoms with E-state index in [1.54, 1.807) is 0 Å². The van der Waals surface area contributed by atoms with Gasteiger partial charge in [0.2, 0.25) is 11.6 Å². The van der Waals surface area contributed by atoms with Gasteiger partial charge in [0.05, 0.1) is 4.92 Å². The number of rotatable bonds is 9. The van der Waals surface area contributed by atoms with Gasteiger partial charge in [-0.15, -0.1) is 0 Å². The maximum Gasteiger partial charge on any atom is 0.353 e. The topological polar surface area (TPSA) is 96.2 Å². The first kappa shape index (κ1) is 17.1. The molecule has 1 unspecified atom stereocenters. The van der Waals surface area contributed by atoms with E-state index in [4.69, 9.17) is 0 Å². The third kappa shape index (κ3) is 5.50. The molecule has 1 heterocycles. The van der Waals surface area contributed by atoms with Gasteiger partial charge < -0.3 is 15.5 Å². The number of nitrogens with zero attached hydrogens (tertiary/aromatic N) is 4. The van der Waals surface area contributed by atoms with E-state index >= 15 is 0 Å². The molecule has 8 nitrogen and oxygen atoms in total. The highest BCUT2D eigenvalue weighted by molar-refractivity contribution is 5.69. The fourth-order valence-corrected chi connectivity index (χ4v) is 1.79. The van der Waals surface area contributed by atoms with Crippen LogP contribution in [0.5, 0.6) is 0 Å². The van der Waals surface area contributed by atoms with Gasteiger partial charge in [-0.1, -0.05) is 6.92 Å². The predicted octanol–water partition coefficient (Wildman–Crippen LogP) is 1.96. The first-order chi connectivity index (χ1) is 9.95. The van der Waals surface area contributed by atoms with Crippen molar-refractivity contribution in [3.05, 3.63) is 16.4 Å². The van der Waals surface area contributed by atoms with Crippen LogP contribution in [0.15, 0.2) is 6.33 Å². The molecule has 118 valence electrons. The fraction of sp³-hybridized carbons (Fsp3) is 0.692. The zero-order chi connectivity index (χ0) is 15.8. The molecule has 1 aromatic heterocycles. The number of hydrogen-bond acceptors (Lipinski definition) is 7. The Morgan fingerprint density at radius 3 is 2.62 bits per heavy atom. The fourth-order valence-electron chi connectivity index (χ4n) is 1.79. The second kappa shape index (κ2) is 8.35. The van der Waals surface area contributed by atoms with Gasteiger partial charge in [-0.25, -0.2) is 9.97 Å². The second-order valence-electron chi connectivity index (χ2n) is 5.24. The van der Waals surface area contributed by atoms with E-state index in [2.05, 4.69) is 25.5 Å². The van der Waals surface area contributed by atoms with Crippen LogP contribution in [-0.4, -0.2) is 53.0 Å². The van der Waals surface area contributed by atoms with Crippen LogP contribution >= 0.6 is 0 Å². The van der Waals surface area contributed by atoms with Crippen molar-refractivity contribution < 1.29 is 4.92 Å². The summed E-state index contributed by atoms with van der Waals surface area (Å²) in [7, 11) is 3.99. The molecule has 0 radical (unpaired) electrons. The van der Waals surface area contributed by atoms with E-state index in [9.17, 15) is 10.1 Å². The lowest BCUT2D eigenvalue weighted by molar-refractivity contribution is -0.383. The highest BCUT2D eigenvalue weighted by atomic mass is 16.6. The van der Waals surface area contributed by atoms with Gasteiger partial charge in [-0.05, 0) is 40.4 Å². The van der Waals surface area contributed by atoms with Crippen molar-refractivity contribution in [2.75, 3.05) is 37.8 Å². The van der Waals surface area contributed by atoms with Gasteiger partial charge in [0.1, 0.15) is 6.33 Å². The molecule has 2 N–H and O–H groups in total. The van der Waals surface area contributed by atoms with Gasteiger partial charge in [0, 0.05) is 12.6 Å². The van der Waals surface area contributed by atoms with Crippen molar-refractivity contribution in [1.29, 1.82) is 0 Å². The van der Waals surface area contributed by atoms with Crippen LogP contribution in [-0.2, 0) is 0 Å². The van der Waals surface area contributed by atoms with E-state index in [1.807, 2.05) is 27.9 Å². The van der Waals surface area contributed by atoms with E-state index in [1.165, 1.54) is 6.33 Å². The molecule has 0 bridgehead atoms. The summed E-state index contributed by atoms with van der Waals surface area (Å²) in [6, 6.07) is 0.0834. The predicted molar refractivity (Wildman–Crippen MR) is 83.7 cm³/mol. The van der Waals surface area contributed by atoms with E-state index in [0.29, 0.717) is 6.54 Å². The lowest BCUT2D eigenvalue weighted by Crippen LogP contribution is -2.24. The van der Waals surface area contributed by atoms with Gasteiger partial charge in [-0.2, -0.15) is 0 Å². The Morgan fingerprint density at radius 2 is 2.05 bits per heavy atom. The van der Waals surface area contributed by atoms with Crippen molar-refractivity contribution in [2.45, 2.75) is 32.7 Å². The number of anilines is 2. The van der Waals surface area contributed by atoms with Crippen molar-refractivity contribution in [3.8, 4) is 0 Å². The third-order valence-corrected chi connectivity index (χ3v) is 2.94. The number of nitro groups is 1. The second-order valence-corrected chi connectivity index (χ2v) is 5.24. The van der Waals surface area contributed by atoms with Crippen LogP contribution in [0.3, 0.4) is 0 Å². The number of hydrogen-bond donors (Lipinski definition) is 2.